The number of aromatic nitrogens is 5. The maximum absolute atomic E-state index is 5.22. The van der Waals surface area contributed by atoms with Crippen LogP contribution in [0, 0.1) is 13.8 Å². The van der Waals surface area contributed by atoms with Crippen LogP contribution < -0.4 is 11.3 Å². The number of hydrazine groups is 1. The van der Waals surface area contributed by atoms with Crippen molar-refractivity contribution in [1.29, 1.82) is 0 Å². The smallest absolute Gasteiger partial charge is 0.239 e. The highest BCUT2D eigenvalue weighted by molar-refractivity contribution is 5.30. The monoisotopic (exact) mass is 205 g/mol. The second-order valence-corrected chi connectivity index (χ2v) is 3.00. The van der Waals surface area contributed by atoms with Gasteiger partial charge in [-0.3, -0.25) is 5.43 Å². The maximum Gasteiger partial charge on any atom is 0.239 e. The molecule has 0 aliphatic heterocycles. The Kier molecular flexibility index (Phi) is 2.30. The highest BCUT2D eigenvalue weighted by atomic mass is 15.4. The number of nitrogens with two attached hydrogens (primary N) is 1. The van der Waals surface area contributed by atoms with E-state index in [1.165, 1.54) is 0 Å². The van der Waals surface area contributed by atoms with Gasteiger partial charge in [-0.05, 0) is 13.8 Å². The Morgan fingerprint density at radius 3 is 2.73 bits per heavy atom. The molecule has 0 fully saturated rings. The first kappa shape index (κ1) is 9.53. The molecule has 2 heterocycles. The largest absolute Gasteiger partial charge is 0.292 e. The van der Waals surface area contributed by atoms with Crippen LogP contribution in [-0.4, -0.2) is 24.7 Å². The van der Waals surface area contributed by atoms with E-state index in [0.717, 1.165) is 5.82 Å². The van der Waals surface area contributed by atoms with Gasteiger partial charge in [-0.15, -0.1) is 5.10 Å². The summed E-state index contributed by atoms with van der Waals surface area (Å²) in [6.45, 7) is 3.68. The van der Waals surface area contributed by atoms with Crippen molar-refractivity contribution >= 4 is 5.95 Å². The Labute approximate surface area is 86.3 Å². The Balaban J connectivity index is 2.49. The van der Waals surface area contributed by atoms with E-state index in [1.54, 1.807) is 16.9 Å². The van der Waals surface area contributed by atoms with Crippen molar-refractivity contribution in [2.24, 2.45) is 5.84 Å². The molecular weight excluding hydrogens is 194 g/mol. The maximum atomic E-state index is 5.22. The van der Waals surface area contributed by atoms with E-state index in [4.69, 9.17) is 5.84 Å². The zero-order valence-corrected chi connectivity index (χ0v) is 8.47. The van der Waals surface area contributed by atoms with Crippen LogP contribution in [0.2, 0.25) is 0 Å². The van der Waals surface area contributed by atoms with Crippen molar-refractivity contribution < 1.29 is 0 Å². The first-order valence-electron chi connectivity index (χ1n) is 4.41. The zero-order chi connectivity index (χ0) is 10.8. The standard InChI is InChI=1S/C8H11N7/c1-5-11-6(2)15(14-5)7-3-4-10-8(12-7)13-9/h3-4H,9H2,1-2H3,(H,10,12,13). The summed E-state index contributed by atoms with van der Waals surface area (Å²) in [5, 5.41) is 4.20. The van der Waals surface area contributed by atoms with E-state index in [2.05, 4.69) is 25.5 Å². The van der Waals surface area contributed by atoms with Gasteiger partial charge < -0.3 is 0 Å². The van der Waals surface area contributed by atoms with Crippen LogP contribution in [0.15, 0.2) is 12.3 Å². The average molecular weight is 205 g/mol. The molecule has 0 bridgehead atoms. The fourth-order valence-electron chi connectivity index (χ4n) is 1.27. The normalized spacial score (nSPS) is 10.3. The van der Waals surface area contributed by atoms with Crippen molar-refractivity contribution in [3.63, 3.8) is 0 Å². The van der Waals surface area contributed by atoms with Crippen LogP contribution >= 0.6 is 0 Å². The van der Waals surface area contributed by atoms with Gasteiger partial charge in [0, 0.05) is 12.3 Å². The van der Waals surface area contributed by atoms with Gasteiger partial charge in [0.25, 0.3) is 0 Å². The van der Waals surface area contributed by atoms with Gasteiger partial charge in [0.2, 0.25) is 5.95 Å². The third-order valence-corrected chi connectivity index (χ3v) is 1.86. The quantitative estimate of drug-likeness (QED) is 0.527. The summed E-state index contributed by atoms with van der Waals surface area (Å²) in [5.41, 5.74) is 2.38. The predicted molar refractivity (Wildman–Crippen MR) is 54.2 cm³/mol. The molecule has 15 heavy (non-hydrogen) atoms. The number of aryl methyl sites for hydroxylation is 2. The number of rotatable bonds is 2. The molecule has 0 amide bonds. The molecule has 2 rings (SSSR count). The number of nitrogens with zero attached hydrogens (tertiary/aromatic N) is 5. The minimum atomic E-state index is 0.347. The summed E-state index contributed by atoms with van der Waals surface area (Å²) in [6, 6.07) is 1.74. The van der Waals surface area contributed by atoms with E-state index in [-0.39, 0.29) is 0 Å². The molecule has 2 aromatic heterocycles. The van der Waals surface area contributed by atoms with Gasteiger partial charge in [0.05, 0.1) is 0 Å². The van der Waals surface area contributed by atoms with Crippen molar-refractivity contribution in [1.82, 2.24) is 24.7 Å². The van der Waals surface area contributed by atoms with E-state index in [0.29, 0.717) is 17.6 Å². The van der Waals surface area contributed by atoms with Gasteiger partial charge in [-0.25, -0.2) is 15.8 Å². The van der Waals surface area contributed by atoms with Crippen molar-refractivity contribution in [2.45, 2.75) is 13.8 Å². The SMILES string of the molecule is Cc1nc(C)n(-c2ccnc(NN)n2)n1. The second-order valence-electron chi connectivity index (χ2n) is 3.00. The number of hydrogen-bond donors (Lipinski definition) is 2. The molecule has 7 nitrogen and oxygen atoms in total. The lowest BCUT2D eigenvalue weighted by atomic mass is 10.5. The van der Waals surface area contributed by atoms with Crippen LogP contribution in [0.3, 0.4) is 0 Å². The van der Waals surface area contributed by atoms with Crippen LogP contribution in [-0.2, 0) is 0 Å². The summed E-state index contributed by atoms with van der Waals surface area (Å²) in [7, 11) is 0. The molecule has 78 valence electrons. The molecule has 0 atom stereocenters. The van der Waals surface area contributed by atoms with E-state index < -0.39 is 0 Å². The highest BCUT2D eigenvalue weighted by Crippen LogP contribution is 2.07. The third-order valence-electron chi connectivity index (χ3n) is 1.86. The van der Waals surface area contributed by atoms with Crippen molar-refractivity contribution in [3.8, 4) is 5.82 Å². The average Bonchev–Trinajstić information content (AvgIpc) is 2.58. The highest BCUT2D eigenvalue weighted by Gasteiger charge is 2.06. The molecule has 0 aliphatic carbocycles. The molecule has 0 saturated heterocycles. The molecule has 3 N–H and O–H groups in total. The fraction of sp³-hybridized carbons (Fsp3) is 0.250. The van der Waals surface area contributed by atoms with Gasteiger partial charge >= 0.3 is 0 Å². The molecule has 0 unspecified atom stereocenters. The van der Waals surface area contributed by atoms with Gasteiger partial charge in [-0.2, -0.15) is 9.67 Å². The Morgan fingerprint density at radius 1 is 1.33 bits per heavy atom. The molecule has 0 saturated carbocycles. The lowest BCUT2D eigenvalue weighted by molar-refractivity contribution is 0.799. The van der Waals surface area contributed by atoms with Gasteiger partial charge in [0.1, 0.15) is 11.6 Å². The molecule has 2 aromatic rings. The summed E-state index contributed by atoms with van der Waals surface area (Å²) < 4.78 is 1.64. The molecule has 0 aliphatic rings. The Morgan fingerprint density at radius 2 is 2.13 bits per heavy atom. The summed E-state index contributed by atoms with van der Waals surface area (Å²) in [4.78, 5) is 12.2. The minimum absolute atomic E-state index is 0.347. The zero-order valence-electron chi connectivity index (χ0n) is 8.47. The number of hydrogen-bond acceptors (Lipinski definition) is 6. The molecule has 7 heteroatoms. The third kappa shape index (κ3) is 1.77. The Hall–Kier alpha value is -2.02. The number of nitrogens with one attached hydrogen (secondary N) is 1. The van der Waals surface area contributed by atoms with Gasteiger partial charge in [0.15, 0.2) is 5.82 Å². The van der Waals surface area contributed by atoms with Crippen LogP contribution in [0.4, 0.5) is 5.95 Å². The number of anilines is 1. The molecular formula is C8H11N7. The van der Waals surface area contributed by atoms with E-state index >= 15 is 0 Å². The minimum Gasteiger partial charge on any atom is -0.292 e. The van der Waals surface area contributed by atoms with Crippen molar-refractivity contribution in [3.05, 3.63) is 23.9 Å². The van der Waals surface area contributed by atoms with Crippen molar-refractivity contribution in [2.75, 3.05) is 5.43 Å². The fourth-order valence-corrected chi connectivity index (χ4v) is 1.27. The second kappa shape index (κ2) is 3.62. The van der Waals surface area contributed by atoms with E-state index in [9.17, 15) is 0 Å². The molecule has 0 aromatic carbocycles. The van der Waals surface area contributed by atoms with Crippen LogP contribution in [0.5, 0.6) is 0 Å². The first-order chi connectivity index (χ1) is 7.20. The molecule has 0 spiro atoms. The van der Waals surface area contributed by atoms with Crippen LogP contribution in [0.1, 0.15) is 11.6 Å². The Bertz CT molecular complexity index is 476. The summed E-state index contributed by atoms with van der Waals surface area (Å²) in [5.74, 6) is 7.68. The molecule has 0 radical (unpaired) electrons. The van der Waals surface area contributed by atoms with E-state index in [1.807, 2.05) is 13.8 Å². The topological polar surface area (TPSA) is 94.5 Å². The van der Waals surface area contributed by atoms with Crippen LogP contribution in [0.25, 0.3) is 5.82 Å². The predicted octanol–water partition coefficient (Wildman–Crippen LogP) is -0.0403. The number of nitrogen functional groups attached to an aromatic ring is 1. The summed E-state index contributed by atoms with van der Waals surface area (Å²) >= 11 is 0. The van der Waals surface area contributed by atoms with Gasteiger partial charge in [-0.1, -0.05) is 0 Å². The summed E-state index contributed by atoms with van der Waals surface area (Å²) in [6.07, 6.45) is 1.61. The lowest BCUT2D eigenvalue weighted by Crippen LogP contribution is -2.12. The lowest BCUT2D eigenvalue weighted by Gasteiger charge is -2.03. The first-order valence-corrected chi connectivity index (χ1v) is 4.41.